The van der Waals surface area contributed by atoms with E-state index in [0.717, 1.165) is 12.8 Å². The smallest absolute Gasteiger partial charge is 0.261 e. The third-order valence-electron chi connectivity index (χ3n) is 4.73. The second-order valence-corrected chi connectivity index (χ2v) is 8.96. The van der Waals surface area contributed by atoms with E-state index in [1.54, 1.807) is 60.7 Å². The predicted molar refractivity (Wildman–Crippen MR) is 119 cm³/mol. The molecule has 1 fully saturated rings. The minimum Gasteiger partial charge on any atom is -0.349 e. The highest BCUT2D eigenvalue weighted by molar-refractivity contribution is 7.92. The molecule has 1 aliphatic carbocycles. The number of amides is 2. The zero-order chi connectivity index (χ0) is 21.8. The van der Waals surface area contributed by atoms with Gasteiger partial charge < -0.3 is 10.6 Å². The first-order valence-electron chi connectivity index (χ1n) is 9.81. The van der Waals surface area contributed by atoms with Crippen LogP contribution in [0, 0.1) is 0 Å². The maximum absolute atomic E-state index is 12.7. The number of hydrogen-bond acceptors (Lipinski definition) is 4. The summed E-state index contributed by atoms with van der Waals surface area (Å²) in [5.74, 6) is -0.587. The van der Waals surface area contributed by atoms with Crippen molar-refractivity contribution >= 4 is 33.2 Å². The molecule has 2 amide bonds. The average molecular weight is 436 g/mol. The SMILES string of the molecule is O=C(Nc1cccc(C(=O)NC2CC2)c1)c1cccc(NS(=O)(=O)c2ccccc2)c1. The molecule has 0 aliphatic heterocycles. The minimum absolute atomic E-state index is 0.131. The summed E-state index contributed by atoms with van der Waals surface area (Å²) < 4.78 is 27.5. The molecule has 1 aliphatic rings. The number of sulfonamides is 1. The Labute approximate surface area is 180 Å². The molecule has 0 bridgehead atoms. The number of carbonyl (C=O) groups excluding carboxylic acids is 2. The van der Waals surface area contributed by atoms with Crippen molar-refractivity contribution in [2.45, 2.75) is 23.8 Å². The van der Waals surface area contributed by atoms with Crippen LogP contribution in [-0.2, 0) is 10.0 Å². The molecule has 0 spiro atoms. The largest absolute Gasteiger partial charge is 0.349 e. The van der Waals surface area contributed by atoms with Crippen molar-refractivity contribution in [3.8, 4) is 0 Å². The molecule has 7 nitrogen and oxygen atoms in total. The maximum Gasteiger partial charge on any atom is 0.261 e. The summed E-state index contributed by atoms with van der Waals surface area (Å²) in [6.07, 6.45) is 1.99. The number of benzene rings is 3. The van der Waals surface area contributed by atoms with Crippen LogP contribution in [0.3, 0.4) is 0 Å². The van der Waals surface area contributed by atoms with Gasteiger partial charge in [0, 0.05) is 28.5 Å². The van der Waals surface area contributed by atoms with E-state index in [1.165, 1.54) is 18.2 Å². The van der Waals surface area contributed by atoms with Gasteiger partial charge in [0.2, 0.25) is 0 Å². The van der Waals surface area contributed by atoms with Crippen LogP contribution in [0.5, 0.6) is 0 Å². The Morgan fingerprint density at radius 3 is 2.03 bits per heavy atom. The summed E-state index contributed by atoms with van der Waals surface area (Å²) in [5.41, 5.74) is 1.49. The van der Waals surface area contributed by atoms with Crippen molar-refractivity contribution in [2.75, 3.05) is 10.0 Å². The molecular formula is C23H21N3O4S. The van der Waals surface area contributed by atoms with E-state index in [4.69, 9.17) is 0 Å². The molecule has 31 heavy (non-hydrogen) atoms. The predicted octanol–water partition coefficient (Wildman–Crippen LogP) is 3.63. The first-order chi connectivity index (χ1) is 14.9. The van der Waals surface area contributed by atoms with E-state index >= 15 is 0 Å². The number of nitrogens with one attached hydrogen (secondary N) is 3. The van der Waals surface area contributed by atoms with Crippen LogP contribution in [0.1, 0.15) is 33.6 Å². The molecule has 158 valence electrons. The van der Waals surface area contributed by atoms with Crippen LogP contribution in [0.15, 0.2) is 83.8 Å². The van der Waals surface area contributed by atoms with Crippen LogP contribution in [-0.4, -0.2) is 26.3 Å². The van der Waals surface area contributed by atoms with E-state index in [-0.39, 0.29) is 28.1 Å². The number of anilines is 2. The fourth-order valence-corrected chi connectivity index (χ4v) is 4.05. The van der Waals surface area contributed by atoms with Gasteiger partial charge >= 0.3 is 0 Å². The van der Waals surface area contributed by atoms with Gasteiger partial charge in [0.15, 0.2) is 0 Å². The molecule has 0 unspecified atom stereocenters. The van der Waals surface area contributed by atoms with E-state index in [2.05, 4.69) is 15.4 Å². The summed E-state index contributed by atoms with van der Waals surface area (Å²) in [7, 11) is -3.76. The van der Waals surface area contributed by atoms with Gasteiger partial charge in [-0.1, -0.05) is 30.3 Å². The van der Waals surface area contributed by atoms with E-state index in [1.807, 2.05) is 0 Å². The lowest BCUT2D eigenvalue weighted by Gasteiger charge is -2.11. The molecular weight excluding hydrogens is 414 g/mol. The Morgan fingerprint density at radius 1 is 0.742 bits per heavy atom. The number of carbonyl (C=O) groups is 2. The Bertz CT molecular complexity index is 1220. The van der Waals surface area contributed by atoms with Gasteiger partial charge in [0.05, 0.1) is 4.90 Å². The summed E-state index contributed by atoms with van der Waals surface area (Å²) in [6.45, 7) is 0. The van der Waals surface area contributed by atoms with Crippen molar-refractivity contribution in [1.29, 1.82) is 0 Å². The highest BCUT2D eigenvalue weighted by Gasteiger charge is 2.24. The highest BCUT2D eigenvalue weighted by atomic mass is 32.2. The lowest BCUT2D eigenvalue weighted by Crippen LogP contribution is -2.25. The summed E-state index contributed by atoms with van der Waals surface area (Å²) in [4.78, 5) is 25.0. The van der Waals surface area contributed by atoms with Crippen LogP contribution in [0.2, 0.25) is 0 Å². The molecule has 3 aromatic rings. The van der Waals surface area contributed by atoms with Gasteiger partial charge in [0.1, 0.15) is 0 Å². The fraction of sp³-hybridized carbons (Fsp3) is 0.130. The number of rotatable bonds is 7. The molecule has 3 aromatic carbocycles. The zero-order valence-electron chi connectivity index (χ0n) is 16.5. The van der Waals surface area contributed by atoms with Gasteiger partial charge in [-0.3, -0.25) is 14.3 Å². The quantitative estimate of drug-likeness (QED) is 0.527. The van der Waals surface area contributed by atoms with Gasteiger partial charge in [-0.2, -0.15) is 0 Å². The first kappa shape index (κ1) is 20.6. The second-order valence-electron chi connectivity index (χ2n) is 7.28. The van der Waals surface area contributed by atoms with Crippen LogP contribution >= 0.6 is 0 Å². The van der Waals surface area contributed by atoms with Gasteiger partial charge in [-0.15, -0.1) is 0 Å². The molecule has 0 saturated heterocycles. The number of hydrogen-bond donors (Lipinski definition) is 3. The molecule has 0 atom stereocenters. The molecule has 8 heteroatoms. The Kier molecular flexibility index (Phi) is 5.73. The summed E-state index contributed by atoms with van der Waals surface area (Å²) in [6, 6.07) is 21.1. The van der Waals surface area contributed by atoms with E-state index in [0.29, 0.717) is 11.3 Å². The van der Waals surface area contributed by atoms with Crippen LogP contribution in [0.25, 0.3) is 0 Å². The minimum atomic E-state index is -3.76. The second kappa shape index (κ2) is 8.61. The van der Waals surface area contributed by atoms with Gasteiger partial charge in [0.25, 0.3) is 21.8 Å². The monoisotopic (exact) mass is 435 g/mol. The standard InChI is InChI=1S/C23H21N3O4S/c27-22(24-18-12-13-18)16-6-4-8-19(14-16)25-23(28)17-7-5-9-20(15-17)26-31(29,30)21-10-2-1-3-11-21/h1-11,14-15,18,26H,12-13H2,(H,24,27)(H,25,28). The Hall–Kier alpha value is -3.65. The van der Waals surface area contributed by atoms with Crippen molar-refractivity contribution in [3.63, 3.8) is 0 Å². The van der Waals surface area contributed by atoms with Crippen LogP contribution < -0.4 is 15.4 Å². The van der Waals surface area contributed by atoms with Crippen molar-refractivity contribution in [2.24, 2.45) is 0 Å². The molecule has 0 aromatic heterocycles. The molecule has 0 radical (unpaired) electrons. The molecule has 4 rings (SSSR count). The first-order valence-corrected chi connectivity index (χ1v) is 11.3. The molecule has 3 N–H and O–H groups in total. The van der Waals surface area contributed by atoms with E-state index < -0.39 is 15.9 Å². The highest BCUT2D eigenvalue weighted by Crippen LogP contribution is 2.21. The topological polar surface area (TPSA) is 104 Å². The van der Waals surface area contributed by atoms with Gasteiger partial charge in [-0.05, 0) is 61.4 Å². The zero-order valence-corrected chi connectivity index (χ0v) is 17.4. The van der Waals surface area contributed by atoms with E-state index in [9.17, 15) is 18.0 Å². The van der Waals surface area contributed by atoms with Crippen molar-refractivity contribution < 1.29 is 18.0 Å². The van der Waals surface area contributed by atoms with Gasteiger partial charge in [-0.25, -0.2) is 8.42 Å². The summed E-state index contributed by atoms with van der Waals surface area (Å²) >= 11 is 0. The Morgan fingerprint density at radius 2 is 1.35 bits per heavy atom. The third-order valence-corrected chi connectivity index (χ3v) is 6.12. The average Bonchev–Trinajstić information content (AvgIpc) is 3.58. The summed E-state index contributed by atoms with van der Waals surface area (Å²) in [5, 5.41) is 5.66. The fourth-order valence-electron chi connectivity index (χ4n) is 2.98. The molecule has 0 heterocycles. The lowest BCUT2D eigenvalue weighted by molar-refractivity contribution is 0.0949. The van der Waals surface area contributed by atoms with Crippen molar-refractivity contribution in [1.82, 2.24) is 5.32 Å². The third kappa shape index (κ3) is 5.29. The Balaban J connectivity index is 1.47. The maximum atomic E-state index is 12.7. The molecule has 1 saturated carbocycles. The van der Waals surface area contributed by atoms with Crippen molar-refractivity contribution in [3.05, 3.63) is 90.0 Å². The normalized spacial score (nSPS) is 13.3. The lowest BCUT2D eigenvalue weighted by atomic mass is 10.1. The van der Waals surface area contributed by atoms with Crippen LogP contribution in [0.4, 0.5) is 11.4 Å².